The smallest absolute Gasteiger partial charge is 0.134 e. The topological polar surface area (TPSA) is 53.6 Å². The van der Waals surface area contributed by atoms with Gasteiger partial charge in [0.2, 0.25) is 0 Å². The van der Waals surface area contributed by atoms with Gasteiger partial charge >= 0.3 is 0 Å². The number of hydrogen-bond donors (Lipinski definition) is 2. The van der Waals surface area contributed by atoms with Crippen LogP contribution in [0.5, 0.6) is 11.5 Å². The lowest BCUT2D eigenvalue weighted by Crippen LogP contribution is -1.62. The minimum atomic E-state index is 0.272. The minimum absolute atomic E-state index is 0.272. The van der Waals surface area contributed by atoms with Gasteiger partial charge in [-0.1, -0.05) is 18.2 Å². The Labute approximate surface area is 98.6 Å². The molecule has 2 aromatic carbocycles. The Balaban J connectivity index is 0.000000136. The van der Waals surface area contributed by atoms with Crippen LogP contribution in [0.15, 0.2) is 65.3 Å². The van der Waals surface area contributed by atoms with E-state index in [0.717, 1.165) is 11.0 Å². The van der Waals surface area contributed by atoms with E-state index in [-0.39, 0.29) is 5.75 Å². The van der Waals surface area contributed by atoms with Crippen LogP contribution in [0.25, 0.3) is 11.0 Å². The van der Waals surface area contributed by atoms with Gasteiger partial charge in [0, 0.05) is 5.39 Å². The highest BCUT2D eigenvalue weighted by Crippen LogP contribution is 2.19. The van der Waals surface area contributed by atoms with Crippen LogP contribution < -0.4 is 0 Å². The van der Waals surface area contributed by atoms with Crippen molar-refractivity contribution in [1.29, 1.82) is 0 Å². The second kappa shape index (κ2) is 5.07. The molecular formula is C14H12O3. The van der Waals surface area contributed by atoms with Crippen LogP contribution in [0.2, 0.25) is 0 Å². The Morgan fingerprint density at radius 1 is 0.765 bits per heavy atom. The first-order valence-electron chi connectivity index (χ1n) is 5.16. The van der Waals surface area contributed by atoms with Gasteiger partial charge in [-0.25, -0.2) is 0 Å². The number of phenols is 2. The molecule has 1 aromatic heterocycles. The molecule has 0 aliphatic rings. The fourth-order valence-electron chi connectivity index (χ4n) is 1.38. The number of benzene rings is 2. The van der Waals surface area contributed by atoms with Crippen molar-refractivity contribution in [3.05, 3.63) is 60.9 Å². The third-order valence-corrected chi connectivity index (χ3v) is 2.19. The highest BCUT2D eigenvalue weighted by atomic mass is 16.3. The van der Waals surface area contributed by atoms with E-state index in [4.69, 9.17) is 14.6 Å². The lowest BCUT2D eigenvalue weighted by molar-refractivity contribution is 0.475. The molecule has 0 saturated heterocycles. The third-order valence-electron chi connectivity index (χ3n) is 2.19. The summed E-state index contributed by atoms with van der Waals surface area (Å²) in [5.74, 6) is 0.594. The molecule has 0 amide bonds. The van der Waals surface area contributed by atoms with Gasteiger partial charge < -0.3 is 14.6 Å². The lowest BCUT2D eigenvalue weighted by atomic mass is 10.2. The molecular weight excluding hydrogens is 216 g/mol. The van der Waals surface area contributed by atoms with Crippen molar-refractivity contribution >= 4 is 11.0 Å². The highest BCUT2D eigenvalue weighted by molar-refractivity contribution is 5.78. The second-order valence-corrected chi connectivity index (χ2v) is 3.48. The zero-order valence-electron chi connectivity index (χ0n) is 9.08. The summed E-state index contributed by atoms with van der Waals surface area (Å²) in [6, 6.07) is 15.5. The van der Waals surface area contributed by atoms with E-state index in [1.165, 1.54) is 0 Å². The van der Waals surface area contributed by atoms with Crippen LogP contribution in [0, 0.1) is 0 Å². The second-order valence-electron chi connectivity index (χ2n) is 3.48. The van der Waals surface area contributed by atoms with Crippen LogP contribution in [-0.2, 0) is 0 Å². The molecule has 3 nitrogen and oxygen atoms in total. The molecule has 0 saturated carbocycles. The van der Waals surface area contributed by atoms with E-state index in [0.29, 0.717) is 5.75 Å². The fourth-order valence-corrected chi connectivity index (χ4v) is 1.38. The number of phenolic OH excluding ortho intramolecular Hbond substituents is 2. The van der Waals surface area contributed by atoms with Gasteiger partial charge in [-0.3, -0.25) is 0 Å². The molecule has 2 N–H and O–H groups in total. The van der Waals surface area contributed by atoms with Crippen LogP contribution in [0.3, 0.4) is 0 Å². The van der Waals surface area contributed by atoms with E-state index in [1.807, 2.05) is 12.1 Å². The minimum Gasteiger partial charge on any atom is -0.508 e. The predicted octanol–water partition coefficient (Wildman–Crippen LogP) is 3.53. The average molecular weight is 228 g/mol. The fraction of sp³-hybridized carbons (Fsp3) is 0. The van der Waals surface area contributed by atoms with Crippen molar-refractivity contribution in [2.24, 2.45) is 0 Å². The SMILES string of the molecule is Oc1ccc2occc2c1.Oc1ccccc1. The van der Waals surface area contributed by atoms with E-state index >= 15 is 0 Å². The quantitative estimate of drug-likeness (QED) is 0.618. The zero-order valence-corrected chi connectivity index (χ0v) is 9.08. The molecule has 0 unspecified atom stereocenters. The molecule has 0 spiro atoms. The summed E-state index contributed by atoms with van der Waals surface area (Å²) in [6.45, 7) is 0. The number of aromatic hydroxyl groups is 2. The maximum Gasteiger partial charge on any atom is 0.134 e. The van der Waals surface area contributed by atoms with Gasteiger partial charge in [-0.2, -0.15) is 0 Å². The van der Waals surface area contributed by atoms with E-state index in [1.54, 1.807) is 48.7 Å². The lowest BCUT2D eigenvalue weighted by Gasteiger charge is -1.88. The molecule has 0 bridgehead atoms. The van der Waals surface area contributed by atoms with Gasteiger partial charge in [0.15, 0.2) is 0 Å². The van der Waals surface area contributed by atoms with Crippen molar-refractivity contribution in [2.75, 3.05) is 0 Å². The van der Waals surface area contributed by atoms with Gasteiger partial charge in [-0.05, 0) is 36.4 Å². The Bertz CT molecular complexity index is 584. The molecule has 0 aliphatic carbocycles. The number of hydrogen-bond acceptors (Lipinski definition) is 3. The standard InChI is InChI=1S/C8H6O2.C6H6O/c9-7-1-2-8-6(5-7)3-4-10-8;7-6-4-2-1-3-5-6/h1-5,9H;1-5,7H. The average Bonchev–Trinajstić information content (AvgIpc) is 2.78. The third kappa shape index (κ3) is 3.01. The molecule has 3 heteroatoms. The maximum absolute atomic E-state index is 9.01. The molecule has 86 valence electrons. The summed E-state index contributed by atoms with van der Waals surface area (Å²) in [4.78, 5) is 0. The van der Waals surface area contributed by atoms with Crippen molar-refractivity contribution in [2.45, 2.75) is 0 Å². The molecule has 17 heavy (non-hydrogen) atoms. The Kier molecular flexibility index (Phi) is 3.31. The van der Waals surface area contributed by atoms with Crippen LogP contribution >= 0.6 is 0 Å². The van der Waals surface area contributed by atoms with Crippen molar-refractivity contribution in [3.63, 3.8) is 0 Å². The predicted molar refractivity (Wildman–Crippen MR) is 66.0 cm³/mol. The van der Waals surface area contributed by atoms with Crippen LogP contribution in [0.4, 0.5) is 0 Å². The Hall–Kier alpha value is -2.42. The van der Waals surface area contributed by atoms with E-state index in [9.17, 15) is 0 Å². The molecule has 0 fully saturated rings. The molecule has 3 rings (SSSR count). The van der Waals surface area contributed by atoms with Gasteiger partial charge in [0.05, 0.1) is 6.26 Å². The van der Waals surface area contributed by atoms with Crippen LogP contribution in [0.1, 0.15) is 0 Å². The molecule has 0 atom stereocenters. The summed E-state index contributed by atoms with van der Waals surface area (Å²) in [5.41, 5.74) is 0.804. The van der Waals surface area contributed by atoms with Crippen molar-refractivity contribution < 1.29 is 14.6 Å². The van der Waals surface area contributed by atoms with Gasteiger partial charge in [-0.15, -0.1) is 0 Å². The van der Waals surface area contributed by atoms with E-state index in [2.05, 4.69) is 0 Å². The summed E-state index contributed by atoms with van der Waals surface area (Å²) in [5, 5.41) is 18.6. The van der Waals surface area contributed by atoms with E-state index < -0.39 is 0 Å². The number of furan rings is 1. The molecule has 0 radical (unpaired) electrons. The summed E-state index contributed by atoms with van der Waals surface area (Å²) in [6.07, 6.45) is 1.60. The highest BCUT2D eigenvalue weighted by Gasteiger charge is 1.95. The Morgan fingerprint density at radius 2 is 1.53 bits per heavy atom. The monoisotopic (exact) mass is 228 g/mol. The Morgan fingerprint density at radius 3 is 2.18 bits per heavy atom. The van der Waals surface area contributed by atoms with Crippen LogP contribution in [-0.4, -0.2) is 10.2 Å². The first-order valence-corrected chi connectivity index (χ1v) is 5.16. The zero-order chi connectivity index (χ0) is 12.1. The molecule has 0 aliphatic heterocycles. The van der Waals surface area contributed by atoms with Gasteiger partial charge in [0.1, 0.15) is 17.1 Å². The van der Waals surface area contributed by atoms with Crippen molar-refractivity contribution in [3.8, 4) is 11.5 Å². The first-order chi connectivity index (χ1) is 8.25. The first kappa shape index (κ1) is 11.1. The molecule has 1 heterocycles. The number of fused-ring (bicyclic) bond motifs is 1. The van der Waals surface area contributed by atoms with Gasteiger partial charge in [0.25, 0.3) is 0 Å². The maximum atomic E-state index is 9.01. The largest absolute Gasteiger partial charge is 0.508 e. The summed E-state index contributed by atoms with van der Waals surface area (Å²) < 4.78 is 5.06. The van der Waals surface area contributed by atoms with Crippen molar-refractivity contribution in [1.82, 2.24) is 0 Å². The normalized spacial score (nSPS) is 9.65. The summed E-state index contributed by atoms with van der Waals surface area (Å²) >= 11 is 0. The summed E-state index contributed by atoms with van der Waals surface area (Å²) in [7, 11) is 0. The number of para-hydroxylation sites is 1. The molecule has 3 aromatic rings. The number of rotatable bonds is 0.